The van der Waals surface area contributed by atoms with Crippen molar-refractivity contribution in [2.75, 3.05) is 14.2 Å². The predicted octanol–water partition coefficient (Wildman–Crippen LogP) is 4.09. The van der Waals surface area contributed by atoms with Crippen molar-refractivity contribution in [2.45, 2.75) is 6.54 Å². The SMILES string of the molecule is COc1cnc(-n2c(=S)[nH]c3cc(C(=O)NCc4ccc(Cl)cc4)cc(Cl)c3c2=O)nc1OC. The molecule has 0 spiro atoms. The molecular formula is C22H17Cl2N5O4S. The minimum Gasteiger partial charge on any atom is -0.490 e. The van der Waals surface area contributed by atoms with Gasteiger partial charge in [0.05, 0.1) is 36.3 Å². The Labute approximate surface area is 208 Å². The van der Waals surface area contributed by atoms with Crippen LogP contribution >= 0.6 is 35.4 Å². The molecule has 0 saturated carbocycles. The molecule has 0 aliphatic carbocycles. The minimum atomic E-state index is -0.552. The normalized spacial score (nSPS) is 10.8. The van der Waals surface area contributed by atoms with Gasteiger partial charge in [-0.1, -0.05) is 35.3 Å². The highest BCUT2D eigenvalue weighted by molar-refractivity contribution is 7.71. The third kappa shape index (κ3) is 4.60. The molecule has 34 heavy (non-hydrogen) atoms. The number of nitrogens with zero attached hydrogens (tertiary/aromatic N) is 3. The van der Waals surface area contributed by atoms with E-state index in [1.54, 1.807) is 12.1 Å². The highest BCUT2D eigenvalue weighted by Gasteiger charge is 2.18. The lowest BCUT2D eigenvalue weighted by Gasteiger charge is -2.11. The fourth-order valence-electron chi connectivity index (χ4n) is 3.24. The van der Waals surface area contributed by atoms with E-state index in [9.17, 15) is 9.59 Å². The highest BCUT2D eigenvalue weighted by atomic mass is 35.5. The van der Waals surface area contributed by atoms with E-state index in [1.807, 2.05) is 12.1 Å². The Bertz CT molecular complexity index is 1520. The molecule has 0 fully saturated rings. The lowest BCUT2D eigenvalue weighted by atomic mass is 10.1. The summed E-state index contributed by atoms with van der Waals surface area (Å²) in [6, 6.07) is 10.0. The monoisotopic (exact) mass is 517 g/mol. The number of amides is 1. The molecule has 0 radical (unpaired) electrons. The molecule has 9 nitrogen and oxygen atoms in total. The Kier molecular flexibility index (Phi) is 6.82. The van der Waals surface area contributed by atoms with Crippen LogP contribution in [0.25, 0.3) is 16.9 Å². The number of rotatable bonds is 6. The number of aromatic amines is 1. The Morgan fingerprint density at radius 3 is 2.59 bits per heavy atom. The van der Waals surface area contributed by atoms with Gasteiger partial charge in [-0.15, -0.1) is 0 Å². The van der Waals surface area contributed by atoms with Crippen LogP contribution in [-0.2, 0) is 6.54 Å². The molecule has 12 heteroatoms. The molecule has 2 N–H and O–H groups in total. The Morgan fingerprint density at radius 1 is 1.18 bits per heavy atom. The van der Waals surface area contributed by atoms with Gasteiger partial charge in [-0.25, -0.2) is 9.55 Å². The molecule has 0 saturated heterocycles. The minimum absolute atomic E-state index is 0.0134. The van der Waals surface area contributed by atoms with Crippen LogP contribution in [-0.4, -0.2) is 39.6 Å². The fraction of sp³-hybridized carbons (Fsp3) is 0.136. The smallest absolute Gasteiger partial charge is 0.270 e. The predicted molar refractivity (Wildman–Crippen MR) is 131 cm³/mol. The Hall–Kier alpha value is -3.47. The first kappa shape index (κ1) is 23.7. The third-order valence-corrected chi connectivity index (χ3v) is 5.74. The van der Waals surface area contributed by atoms with E-state index in [0.717, 1.165) is 10.1 Å². The number of aromatic nitrogens is 4. The molecule has 2 aromatic carbocycles. The van der Waals surface area contributed by atoms with Crippen LogP contribution in [0, 0.1) is 4.77 Å². The zero-order chi connectivity index (χ0) is 24.4. The van der Waals surface area contributed by atoms with Crippen molar-refractivity contribution in [2.24, 2.45) is 0 Å². The standard InChI is InChI=1S/C22H17Cl2N5O4S/c1-32-16-10-26-21(28-19(16)33-2)29-20(31)17-14(24)7-12(8-15(17)27-22(29)34)18(30)25-9-11-3-5-13(23)6-4-11/h3-8,10H,9H2,1-2H3,(H,25,30)(H,27,34). The van der Waals surface area contributed by atoms with Gasteiger partial charge in [0.2, 0.25) is 5.95 Å². The number of carbonyl (C=O) groups excluding carboxylic acids is 1. The molecule has 2 heterocycles. The first-order valence-corrected chi connectivity index (χ1v) is 11.0. The van der Waals surface area contributed by atoms with Gasteiger partial charge in [0.1, 0.15) is 0 Å². The summed E-state index contributed by atoms with van der Waals surface area (Å²) in [5.41, 5.74) is 0.887. The second-order valence-electron chi connectivity index (χ2n) is 7.01. The lowest BCUT2D eigenvalue weighted by molar-refractivity contribution is 0.0951. The zero-order valence-corrected chi connectivity index (χ0v) is 20.2. The van der Waals surface area contributed by atoms with E-state index >= 15 is 0 Å². The maximum atomic E-state index is 13.3. The van der Waals surface area contributed by atoms with Gasteiger partial charge in [-0.05, 0) is 42.0 Å². The van der Waals surface area contributed by atoms with Gasteiger partial charge >= 0.3 is 0 Å². The summed E-state index contributed by atoms with van der Waals surface area (Å²) in [5.74, 6) is 0.0343. The summed E-state index contributed by atoms with van der Waals surface area (Å²) in [6.45, 7) is 0.292. The molecule has 0 unspecified atom stereocenters. The maximum Gasteiger partial charge on any atom is 0.270 e. The summed E-state index contributed by atoms with van der Waals surface area (Å²) in [6.07, 6.45) is 1.36. The first-order valence-electron chi connectivity index (χ1n) is 9.79. The van der Waals surface area contributed by atoms with Crippen LogP contribution in [0.2, 0.25) is 10.0 Å². The average molecular weight is 518 g/mol. The quantitative estimate of drug-likeness (QED) is 0.370. The van der Waals surface area contributed by atoms with Gasteiger partial charge in [-0.2, -0.15) is 4.98 Å². The number of carbonyl (C=O) groups is 1. The van der Waals surface area contributed by atoms with E-state index in [4.69, 9.17) is 44.9 Å². The molecule has 0 aliphatic rings. The van der Waals surface area contributed by atoms with Crippen molar-refractivity contribution >= 4 is 52.2 Å². The van der Waals surface area contributed by atoms with Crippen LogP contribution in [0.4, 0.5) is 0 Å². The van der Waals surface area contributed by atoms with Gasteiger partial charge in [0.25, 0.3) is 17.3 Å². The van der Waals surface area contributed by atoms with Crippen LogP contribution in [0.1, 0.15) is 15.9 Å². The van der Waals surface area contributed by atoms with Crippen LogP contribution < -0.4 is 20.3 Å². The van der Waals surface area contributed by atoms with Gasteiger partial charge in [0, 0.05) is 17.1 Å². The molecule has 174 valence electrons. The number of nitrogens with one attached hydrogen (secondary N) is 2. The molecule has 2 aromatic heterocycles. The lowest BCUT2D eigenvalue weighted by Crippen LogP contribution is -2.25. The molecular weight excluding hydrogens is 501 g/mol. The topological polar surface area (TPSA) is 111 Å². The summed E-state index contributed by atoms with van der Waals surface area (Å²) in [7, 11) is 2.85. The van der Waals surface area contributed by atoms with Gasteiger partial charge < -0.3 is 19.8 Å². The van der Waals surface area contributed by atoms with Crippen molar-refractivity contribution in [3.63, 3.8) is 0 Å². The third-order valence-electron chi connectivity index (χ3n) is 4.90. The van der Waals surface area contributed by atoms with E-state index in [1.165, 1.54) is 32.5 Å². The number of halogens is 2. The first-order chi connectivity index (χ1) is 16.3. The van der Waals surface area contributed by atoms with E-state index in [2.05, 4.69) is 20.3 Å². The highest BCUT2D eigenvalue weighted by Crippen LogP contribution is 2.25. The summed E-state index contributed by atoms with van der Waals surface area (Å²) in [4.78, 5) is 37.2. The molecule has 0 bridgehead atoms. The van der Waals surface area contributed by atoms with E-state index < -0.39 is 5.56 Å². The van der Waals surface area contributed by atoms with Crippen molar-refractivity contribution in [1.82, 2.24) is 24.8 Å². The number of benzene rings is 2. The van der Waals surface area contributed by atoms with Crippen LogP contribution in [0.5, 0.6) is 11.6 Å². The summed E-state index contributed by atoms with van der Waals surface area (Å²) < 4.78 is 11.4. The number of hydrogen-bond acceptors (Lipinski definition) is 7. The molecule has 0 aliphatic heterocycles. The Balaban J connectivity index is 1.72. The molecule has 4 rings (SSSR count). The maximum absolute atomic E-state index is 13.3. The van der Waals surface area contributed by atoms with Crippen molar-refractivity contribution in [1.29, 1.82) is 0 Å². The molecule has 4 aromatic rings. The summed E-state index contributed by atoms with van der Waals surface area (Å²) >= 11 is 17.7. The summed E-state index contributed by atoms with van der Waals surface area (Å²) in [5, 5.41) is 3.61. The zero-order valence-electron chi connectivity index (χ0n) is 17.9. The second-order valence-corrected chi connectivity index (χ2v) is 8.24. The number of hydrogen-bond donors (Lipinski definition) is 2. The van der Waals surface area contributed by atoms with Crippen molar-refractivity contribution in [3.8, 4) is 17.6 Å². The molecule has 0 atom stereocenters. The average Bonchev–Trinajstić information content (AvgIpc) is 2.82. The number of methoxy groups -OCH3 is 2. The van der Waals surface area contributed by atoms with Gasteiger partial charge in [0.15, 0.2) is 10.5 Å². The Morgan fingerprint density at radius 2 is 1.91 bits per heavy atom. The van der Waals surface area contributed by atoms with E-state index in [0.29, 0.717) is 22.8 Å². The second kappa shape index (κ2) is 9.80. The van der Waals surface area contributed by atoms with Crippen molar-refractivity contribution < 1.29 is 14.3 Å². The number of ether oxygens (including phenoxy) is 2. The van der Waals surface area contributed by atoms with Crippen LogP contribution in [0.15, 0.2) is 47.4 Å². The fourth-order valence-corrected chi connectivity index (χ4v) is 3.94. The van der Waals surface area contributed by atoms with Gasteiger partial charge in [-0.3, -0.25) is 9.59 Å². The number of H-pyrrole nitrogens is 1. The van der Waals surface area contributed by atoms with E-state index in [-0.39, 0.29) is 38.5 Å². The van der Waals surface area contributed by atoms with Crippen molar-refractivity contribution in [3.05, 3.63) is 78.9 Å². The molecule has 1 amide bonds. The van der Waals surface area contributed by atoms with Crippen LogP contribution in [0.3, 0.4) is 0 Å². The largest absolute Gasteiger partial charge is 0.490 e. The number of fused-ring (bicyclic) bond motifs is 1.